The van der Waals surface area contributed by atoms with Crippen molar-refractivity contribution < 1.29 is 18.4 Å². The lowest BCUT2D eigenvalue weighted by atomic mass is 10.2. The molecule has 2 fully saturated rings. The molecule has 2 aromatic carbocycles. The molecule has 1 aliphatic heterocycles. The predicted octanol–water partition coefficient (Wildman–Crippen LogP) is 2.46. The molecule has 1 N–H and O–H groups in total. The first-order chi connectivity index (χ1) is 19.4. The molecule has 3 heterocycles. The van der Waals surface area contributed by atoms with Crippen molar-refractivity contribution in [2.75, 3.05) is 31.1 Å². The van der Waals surface area contributed by atoms with E-state index in [4.69, 9.17) is 4.42 Å². The zero-order chi connectivity index (χ0) is 27.8. The minimum atomic E-state index is -0.746. The third-order valence-electron chi connectivity index (χ3n) is 7.88. The van der Waals surface area contributed by atoms with Crippen molar-refractivity contribution in [3.63, 3.8) is 0 Å². The van der Waals surface area contributed by atoms with Crippen LogP contribution in [-0.4, -0.2) is 58.1 Å². The Morgan fingerprint density at radius 3 is 2.35 bits per heavy atom. The van der Waals surface area contributed by atoms with Crippen LogP contribution in [0.2, 0.25) is 0 Å². The average Bonchev–Trinajstić information content (AvgIpc) is 3.62. The molecule has 2 amide bonds. The highest BCUT2D eigenvalue weighted by Gasteiger charge is 2.27. The summed E-state index contributed by atoms with van der Waals surface area (Å²) in [4.78, 5) is 56.8. The maximum atomic E-state index is 14.3. The van der Waals surface area contributed by atoms with Gasteiger partial charge in [0.1, 0.15) is 30.0 Å². The number of fused-ring (bicyclic) bond motifs is 3. The molecule has 0 atom stereocenters. The molecule has 40 heavy (non-hydrogen) atoms. The number of nitrogens with zero attached hydrogens (tertiary/aromatic N) is 4. The molecular weight excluding hydrogens is 517 g/mol. The molecule has 2 aromatic heterocycles. The molecule has 208 valence electrons. The van der Waals surface area contributed by atoms with Crippen molar-refractivity contribution in [3.8, 4) is 0 Å². The van der Waals surface area contributed by atoms with Crippen LogP contribution in [0, 0.1) is 5.82 Å². The van der Waals surface area contributed by atoms with Crippen LogP contribution in [-0.2, 0) is 22.7 Å². The Balaban J connectivity index is 1.30. The fourth-order valence-corrected chi connectivity index (χ4v) is 5.81. The average molecular weight is 548 g/mol. The van der Waals surface area contributed by atoms with Gasteiger partial charge < -0.3 is 19.5 Å². The van der Waals surface area contributed by atoms with E-state index in [9.17, 15) is 23.6 Å². The van der Waals surface area contributed by atoms with E-state index in [0.29, 0.717) is 42.8 Å². The van der Waals surface area contributed by atoms with Gasteiger partial charge in [-0.2, -0.15) is 0 Å². The Bertz CT molecular complexity index is 1710. The van der Waals surface area contributed by atoms with Gasteiger partial charge >= 0.3 is 5.69 Å². The third kappa shape index (κ3) is 4.76. The predicted molar refractivity (Wildman–Crippen MR) is 148 cm³/mol. The second-order valence-corrected chi connectivity index (χ2v) is 10.4. The van der Waals surface area contributed by atoms with Gasteiger partial charge in [0, 0.05) is 37.6 Å². The quantitative estimate of drug-likeness (QED) is 0.397. The molecule has 6 rings (SSSR count). The van der Waals surface area contributed by atoms with E-state index in [2.05, 4.69) is 5.32 Å². The van der Waals surface area contributed by atoms with E-state index in [0.717, 1.165) is 30.3 Å². The third-order valence-corrected chi connectivity index (χ3v) is 7.88. The maximum absolute atomic E-state index is 14.3. The molecule has 10 nitrogen and oxygen atoms in total. The summed E-state index contributed by atoms with van der Waals surface area (Å²) in [5, 5.41) is 3.44. The smallest absolute Gasteiger partial charge is 0.332 e. The molecule has 0 spiro atoms. The number of carbonyl (C=O) groups is 2. The summed E-state index contributed by atoms with van der Waals surface area (Å²) in [6, 6.07) is 13.5. The molecule has 1 saturated heterocycles. The largest absolute Gasteiger partial charge is 0.449 e. The van der Waals surface area contributed by atoms with Crippen molar-refractivity contribution >= 4 is 39.6 Å². The molecule has 11 heteroatoms. The molecule has 0 radical (unpaired) electrons. The van der Waals surface area contributed by atoms with Crippen LogP contribution in [0.1, 0.15) is 25.7 Å². The first kappa shape index (κ1) is 25.8. The number of anilines is 1. The molecule has 0 unspecified atom stereocenters. The number of nitrogens with one attached hydrogen (secondary N) is 1. The van der Waals surface area contributed by atoms with Crippen molar-refractivity contribution in [3.05, 3.63) is 75.2 Å². The number of aromatic nitrogens is 2. The fourth-order valence-electron chi connectivity index (χ4n) is 5.81. The number of furan rings is 1. The summed E-state index contributed by atoms with van der Waals surface area (Å²) in [5.74, 6) is -1.06. The van der Waals surface area contributed by atoms with Crippen molar-refractivity contribution in [2.45, 2.75) is 44.8 Å². The van der Waals surface area contributed by atoms with Gasteiger partial charge in [-0.05, 0) is 37.1 Å². The van der Waals surface area contributed by atoms with Gasteiger partial charge in [0.2, 0.25) is 17.4 Å². The number of halogens is 1. The summed E-state index contributed by atoms with van der Waals surface area (Å²) in [7, 11) is 0. The minimum absolute atomic E-state index is 0.0324. The molecule has 1 aliphatic carbocycles. The van der Waals surface area contributed by atoms with E-state index in [1.54, 1.807) is 47.4 Å². The Hall–Kier alpha value is -4.41. The molecule has 4 aromatic rings. The Kier molecular flexibility index (Phi) is 6.87. The van der Waals surface area contributed by atoms with Gasteiger partial charge in [-0.15, -0.1) is 0 Å². The number of hydrogen-bond donors (Lipinski definition) is 1. The minimum Gasteiger partial charge on any atom is -0.449 e. The number of amides is 2. The highest BCUT2D eigenvalue weighted by molar-refractivity contribution is 6.02. The van der Waals surface area contributed by atoms with Gasteiger partial charge in [-0.3, -0.25) is 19.0 Å². The van der Waals surface area contributed by atoms with Crippen LogP contribution in [0.5, 0.6) is 0 Å². The van der Waals surface area contributed by atoms with Crippen LogP contribution < -0.4 is 21.5 Å². The van der Waals surface area contributed by atoms with Crippen LogP contribution >= 0.6 is 0 Å². The normalized spacial score (nSPS) is 16.2. The summed E-state index contributed by atoms with van der Waals surface area (Å²) in [6.07, 6.45) is 3.79. The van der Waals surface area contributed by atoms with E-state index < -0.39 is 23.7 Å². The van der Waals surface area contributed by atoms with Gasteiger partial charge in [0.15, 0.2) is 0 Å². The molecule has 2 aliphatic rings. The van der Waals surface area contributed by atoms with Gasteiger partial charge in [-0.25, -0.2) is 13.8 Å². The number of rotatable bonds is 6. The van der Waals surface area contributed by atoms with Gasteiger partial charge in [0.25, 0.3) is 5.56 Å². The number of para-hydroxylation sites is 2. The second kappa shape index (κ2) is 10.6. The molecule has 1 saturated carbocycles. The van der Waals surface area contributed by atoms with Crippen LogP contribution in [0.15, 0.2) is 62.5 Å². The number of hydrogen-bond acceptors (Lipinski definition) is 6. The zero-order valence-electron chi connectivity index (χ0n) is 22.0. The van der Waals surface area contributed by atoms with Crippen LogP contribution in [0.3, 0.4) is 0 Å². The van der Waals surface area contributed by atoms with Crippen molar-refractivity contribution in [1.29, 1.82) is 0 Å². The van der Waals surface area contributed by atoms with Crippen molar-refractivity contribution in [1.82, 2.24) is 19.4 Å². The molecule has 0 bridgehead atoms. The second-order valence-electron chi connectivity index (χ2n) is 10.4. The summed E-state index contributed by atoms with van der Waals surface area (Å²) < 4.78 is 22.2. The standard InChI is InChI=1S/C29H30FN5O5/c30-21-10-4-5-11-22(21)32-13-15-33(16-14-32)25(37)18-34-26-20-9-3-6-12-23(20)40-27(26)28(38)35(29(34)39)17-24(36)31-19-7-1-2-8-19/h3-6,9-12,19H,1-2,7-8,13-18H2,(H,31,36). The van der Waals surface area contributed by atoms with E-state index in [1.165, 1.54) is 10.6 Å². The van der Waals surface area contributed by atoms with Crippen LogP contribution in [0.25, 0.3) is 22.1 Å². The highest BCUT2D eigenvalue weighted by Crippen LogP contribution is 2.26. The number of carbonyl (C=O) groups excluding carboxylic acids is 2. The first-order valence-electron chi connectivity index (χ1n) is 13.6. The maximum Gasteiger partial charge on any atom is 0.332 e. The zero-order valence-corrected chi connectivity index (χ0v) is 22.0. The topological polar surface area (TPSA) is 110 Å². The fraction of sp³-hybridized carbons (Fsp3) is 0.379. The Morgan fingerprint density at radius 1 is 0.900 bits per heavy atom. The van der Waals surface area contributed by atoms with Gasteiger partial charge in [-0.1, -0.05) is 37.1 Å². The van der Waals surface area contributed by atoms with Gasteiger partial charge in [0.05, 0.1) is 5.69 Å². The lowest BCUT2D eigenvalue weighted by molar-refractivity contribution is -0.132. The number of piperazine rings is 1. The van der Waals surface area contributed by atoms with E-state index >= 15 is 0 Å². The first-order valence-corrected chi connectivity index (χ1v) is 13.6. The SMILES string of the molecule is O=C(Cn1c(=O)c2oc3ccccc3c2n(CC(=O)N2CCN(c3ccccc3F)CC2)c1=O)NC1CCCC1. The Morgan fingerprint density at radius 2 is 1.60 bits per heavy atom. The van der Waals surface area contributed by atoms with Crippen LogP contribution in [0.4, 0.5) is 10.1 Å². The summed E-state index contributed by atoms with van der Waals surface area (Å²) in [6.45, 7) is 0.778. The lowest BCUT2D eigenvalue weighted by Crippen LogP contribution is -2.51. The highest BCUT2D eigenvalue weighted by atomic mass is 19.1. The van der Waals surface area contributed by atoms with Crippen molar-refractivity contribution in [2.24, 2.45) is 0 Å². The number of benzene rings is 2. The summed E-state index contributed by atoms with van der Waals surface area (Å²) in [5.41, 5.74) is -0.408. The van der Waals surface area contributed by atoms with E-state index in [-0.39, 0.29) is 35.4 Å². The lowest BCUT2D eigenvalue weighted by Gasteiger charge is -2.36. The monoisotopic (exact) mass is 547 g/mol. The van der Waals surface area contributed by atoms with E-state index in [1.807, 2.05) is 4.90 Å². The molecular formula is C29H30FN5O5. The summed E-state index contributed by atoms with van der Waals surface area (Å²) >= 11 is 0. The Labute approximate surface area is 228 Å².